The molecule has 0 saturated heterocycles. The lowest BCUT2D eigenvalue weighted by molar-refractivity contribution is 0.320. The smallest absolute Gasteiger partial charge is 0.145 e. The molecule has 98 valence electrons. The summed E-state index contributed by atoms with van der Waals surface area (Å²) in [5.74, 6) is 0.814. The van der Waals surface area contributed by atoms with E-state index in [0.717, 1.165) is 21.5 Å². The molecular formula is C13H16BrNO2S. The molecule has 0 N–H and O–H groups in total. The van der Waals surface area contributed by atoms with Crippen LogP contribution in [-0.4, -0.2) is 21.3 Å². The maximum Gasteiger partial charge on any atom is 0.145 e. The highest BCUT2D eigenvalue weighted by Gasteiger charge is 2.23. The van der Waals surface area contributed by atoms with E-state index in [1.807, 2.05) is 39.0 Å². The Hall–Kier alpha value is -0.680. The molecule has 1 unspecified atom stereocenters. The molecule has 1 aliphatic rings. The Morgan fingerprint density at radius 3 is 2.78 bits per heavy atom. The summed E-state index contributed by atoms with van der Waals surface area (Å²) in [4.78, 5) is 0. The highest BCUT2D eigenvalue weighted by atomic mass is 79.9. The molecule has 0 fully saturated rings. The van der Waals surface area contributed by atoms with Crippen molar-refractivity contribution in [3.8, 4) is 5.75 Å². The van der Waals surface area contributed by atoms with E-state index in [2.05, 4.69) is 20.3 Å². The highest BCUT2D eigenvalue weighted by molar-refractivity contribution is 9.10. The Bertz CT molecular complexity index is 520. The first-order valence-electron chi connectivity index (χ1n) is 5.80. The van der Waals surface area contributed by atoms with Crippen molar-refractivity contribution in [1.82, 2.24) is 0 Å². The van der Waals surface area contributed by atoms with Crippen LogP contribution in [0.3, 0.4) is 0 Å². The van der Waals surface area contributed by atoms with Gasteiger partial charge in [0.05, 0.1) is 17.1 Å². The minimum absolute atomic E-state index is 0.336. The van der Waals surface area contributed by atoms with E-state index in [9.17, 15) is 4.21 Å². The number of halogens is 1. The quantitative estimate of drug-likeness (QED) is 0.791. The van der Waals surface area contributed by atoms with Crippen LogP contribution in [0.4, 0.5) is 0 Å². The molecule has 0 aromatic heterocycles. The van der Waals surface area contributed by atoms with Gasteiger partial charge in [0.2, 0.25) is 0 Å². The predicted octanol–water partition coefficient (Wildman–Crippen LogP) is 3.48. The third-order valence-corrected chi connectivity index (χ3v) is 4.49. The summed E-state index contributed by atoms with van der Waals surface area (Å²) in [7, 11) is -1.23. The summed E-state index contributed by atoms with van der Waals surface area (Å²) in [6.07, 6.45) is 0.700. The van der Waals surface area contributed by atoms with Crippen LogP contribution in [0, 0.1) is 0 Å². The Balaban J connectivity index is 2.41. The minimum Gasteiger partial charge on any atom is -0.492 e. The second kappa shape index (κ2) is 5.13. The Labute approximate surface area is 118 Å². The van der Waals surface area contributed by atoms with Crippen molar-refractivity contribution in [1.29, 1.82) is 0 Å². The molecular weight excluding hydrogens is 314 g/mol. The topological polar surface area (TPSA) is 38.7 Å². The van der Waals surface area contributed by atoms with Crippen LogP contribution < -0.4 is 4.74 Å². The van der Waals surface area contributed by atoms with Gasteiger partial charge in [-0.3, -0.25) is 0 Å². The molecule has 0 bridgehead atoms. The Kier molecular flexibility index (Phi) is 3.92. The molecule has 1 aromatic carbocycles. The molecule has 0 aliphatic carbocycles. The first-order chi connectivity index (χ1) is 8.38. The fraction of sp³-hybridized carbons (Fsp3) is 0.462. The van der Waals surface area contributed by atoms with E-state index in [-0.39, 0.29) is 4.75 Å². The predicted molar refractivity (Wildman–Crippen MR) is 78.7 cm³/mol. The zero-order chi connectivity index (χ0) is 13.3. The second-order valence-electron chi connectivity index (χ2n) is 5.14. The number of ether oxygens (including phenoxy) is 1. The molecule has 1 atom stereocenters. The third-order valence-electron chi connectivity index (χ3n) is 2.57. The summed E-state index contributed by atoms with van der Waals surface area (Å²) in [5, 5.41) is 0. The monoisotopic (exact) mass is 329 g/mol. The van der Waals surface area contributed by atoms with Crippen molar-refractivity contribution in [2.75, 3.05) is 6.61 Å². The van der Waals surface area contributed by atoms with Gasteiger partial charge >= 0.3 is 0 Å². The molecule has 1 aliphatic heterocycles. The van der Waals surface area contributed by atoms with Crippen LogP contribution >= 0.6 is 15.9 Å². The zero-order valence-corrected chi connectivity index (χ0v) is 13.1. The molecule has 2 rings (SSSR count). The van der Waals surface area contributed by atoms with Gasteiger partial charge in [-0.05, 0) is 39.0 Å². The lowest BCUT2D eigenvalue weighted by atomic mass is 10.0. The maximum absolute atomic E-state index is 12.1. The molecule has 0 spiro atoms. The van der Waals surface area contributed by atoms with Gasteiger partial charge in [-0.1, -0.05) is 15.9 Å². The van der Waals surface area contributed by atoms with E-state index >= 15 is 0 Å². The van der Waals surface area contributed by atoms with E-state index < -0.39 is 11.0 Å². The summed E-state index contributed by atoms with van der Waals surface area (Å²) in [6, 6.07) is 5.81. The molecule has 0 radical (unpaired) electrons. The lowest BCUT2D eigenvalue weighted by Crippen LogP contribution is -2.23. The molecule has 0 saturated carbocycles. The zero-order valence-electron chi connectivity index (χ0n) is 10.7. The summed E-state index contributed by atoms with van der Waals surface area (Å²) in [6.45, 7) is 6.37. The van der Waals surface area contributed by atoms with Crippen LogP contribution in [0.5, 0.6) is 5.75 Å². The Morgan fingerprint density at radius 2 is 2.11 bits per heavy atom. The van der Waals surface area contributed by atoms with E-state index in [0.29, 0.717) is 13.0 Å². The summed E-state index contributed by atoms with van der Waals surface area (Å²) >= 11 is 3.44. The van der Waals surface area contributed by atoms with Crippen molar-refractivity contribution in [3.63, 3.8) is 0 Å². The average Bonchev–Trinajstić information content (AvgIpc) is 2.28. The van der Waals surface area contributed by atoms with Crippen LogP contribution in [-0.2, 0) is 11.0 Å². The van der Waals surface area contributed by atoms with E-state index in [1.54, 1.807) is 0 Å². The van der Waals surface area contributed by atoms with Crippen molar-refractivity contribution >= 4 is 32.6 Å². The van der Waals surface area contributed by atoms with Crippen molar-refractivity contribution in [3.05, 3.63) is 28.2 Å². The number of nitrogens with zero attached hydrogens (tertiary/aromatic N) is 1. The lowest BCUT2D eigenvalue weighted by Gasteiger charge is -2.21. The number of rotatable bonds is 1. The molecule has 5 heteroatoms. The van der Waals surface area contributed by atoms with Gasteiger partial charge in [0.1, 0.15) is 16.7 Å². The van der Waals surface area contributed by atoms with Gasteiger partial charge in [0, 0.05) is 16.5 Å². The first kappa shape index (κ1) is 13.7. The van der Waals surface area contributed by atoms with Crippen LogP contribution in [0.1, 0.15) is 32.8 Å². The molecule has 1 aromatic rings. The third kappa shape index (κ3) is 3.01. The van der Waals surface area contributed by atoms with Crippen molar-refractivity contribution in [2.24, 2.45) is 4.40 Å². The van der Waals surface area contributed by atoms with Crippen LogP contribution in [0.2, 0.25) is 0 Å². The Morgan fingerprint density at radius 1 is 1.39 bits per heavy atom. The van der Waals surface area contributed by atoms with Gasteiger partial charge in [-0.25, -0.2) is 4.21 Å². The highest BCUT2D eigenvalue weighted by Crippen LogP contribution is 2.29. The minimum atomic E-state index is -1.23. The number of benzene rings is 1. The van der Waals surface area contributed by atoms with Crippen molar-refractivity contribution < 1.29 is 8.95 Å². The van der Waals surface area contributed by atoms with Crippen molar-refractivity contribution in [2.45, 2.75) is 31.9 Å². The summed E-state index contributed by atoms with van der Waals surface area (Å²) < 4.78 is 22.7. The van der Waals surface area contributed by atoms with Crippen LogP contribution in [0.25, 0.3) is 0 Å². The van der Waals surface area contributed by atoms with Gasteiger partial charge in [0.25, 0.3) is 0 Å². The van der Waals surface area contributed by atoms with Gasteiger partial charge in [-0.15, -0.1) is 0 Å². The first-order valence-corrected chi connectivity index (χ1v) is 7.70. The number of hydrogen-bond acceptors (Lipinski definition) is 2. The molecule has 18 heavy (non-hydrogen) atoms. The van der Waals surface area contributed by atoms with Gasteiger partial charge in [0.15, 0.2) is 0 Å². The normalized spacial score (nSPS) is 19.2. The summed E-state index contributed by atoms with van der Waals surface area (Å²) in [5.41, 5.74) is 1.80. The van der Waals surface area contributed by atoms with Gasteiger partial charge < -0.3 is 4.74 Å². The second-order valence-corrected chi connectivity index (χ2v) is 7.96. The van der Waals surface area contributed by atoms with E-state index in [4.69, 9.17) is 4.74 Å². The largest absolute Gasteiger partial charge is 0.492 e. The standard InChI is InChI=1S/C13H16BrNO2S/c1-13(2,3)18(16)15-11-6-7-17-12-5-4-9(14)8-10(11)12/h4-5,8H,6-7H2,1-3H3/b15-11+. The maximum atomic E-state index is 12.1. The van der Waals surface area contributed by atoms with Gasteiger partial charge in [-0.2, -0.15) is 4.40 Å². The molecule has 3 nitrogen and oxygen atoms in total. The fourth-order valence-corrected chi connectivity index (χ4v) is 2.60. The molecule has 0 amide bonds. The molecule has 1 heterocycles. The number of hydrogen-bond donors (Lipinski definition) is 0. The van der Waals surface area contributed by atoms with E-state index in [1.165, 1.54) is 0 Å². The fourth-order valence-electron chi connectivity index (χ4n) is 1.58. The average molecular weight is 330 g/mol. The van der Waals surface area contributed by atoms with Crippen LogP contribution in [0.15, 0.2) is 27.1 Å². The number of fused-ring (bicyclic) bond motifs is 1. The SMILES string of the molecule is CC(C)(C)S(=O)/N=C1\CCOc2ccc(Br)cc21.